The van der Waals surface area contributed by atoms with Crippen LogP contribution >= 0.6 is 0 Å². The summed E-state index contributed by atoms with van der Waals surface area (Å²) in [6.45, 7) is 3.19. The van der Waals surface area contributed by atoms with Crippen molar-refractivity contribution in [1.82, 2.24) is 4.98 Å². The van der Waals surface area contributed by atoms with Gasteiger partial charge >= 0.3 is 0 Å². The molecule has 3 nitrogen and oxygen atoms in total. The molecule has 2 rings (SSSR count). The van der Waals surface area contributed by atoms with Crippen molar-refractivity contribution in [2.45, 2.75) is 20.4 Å². The summed E-state index contributed by atoms with van der Waals surface area (Å²) in [5, 5.41) is 2.23. The Bertz CT molecular complexity index is 579. The van der Waals surface area contributed by atoms with Gasteiger partial charge < -0.3 is 9.73 Å². The summed E-state index contributed by atoms with van der Waals surface area (Å²) in [7, 11) is 0. The predicted molar refractivity (Wildman–Crippen MR) is 59.6 cm³/mol. The number of anilines is 1. The van der Waals surface area contributed by atoms with E-state index < -0.39 is 29.0 Å². The zero-order valence-corrected chi connectivity index (χ0v) is 10.2. The first kappa shape index (κ1) is 13.4. The molecule has 0 aliphatic carbocycles. The van der Waals surface area contributed by atoms with Gasteiger partial charge in [-0.25, -0.2) is 22.5 Å². The quantitative estimate of drug-likeness (QED) is 0.688. The second-order valence-corrected chi connectivity index (χ2v) is 3.95. The second-order valence-electron chi connectivity index (χ2n) is 3.95. The molecule has 0 amide bonds. The molecule has 19 heavy (non-hydrogen) atoms. The number of benzene rings is 1. The van der Waals surface area contributed by atoms with E-state index in [1.807, 2.05) is 0 Å². The van der Waals surface area contributed by atoms with E-state index in [9.17, 15) is 17.6 Å². The molecule has 0 saturated heterocycles. The standard InChI is InChI=1S/C12H10F4N2O/c1-5-6(2)19-9(18-5)4-17-12-10(15)7(13)3-8(14)11(12)16/h3,17H,4H2,1-2H3. The van der Waals surface area contributed by atoms with E-state index in [1.165, 1.54) is 0 Å². The highest BCUT2D eigenvalue weighted by Gasteiger charge is 2.19. The van der Waals surface area contributed by atoms with Crippen molar-refractivity contribution in [1.29, 1.82) is 0 Å². The molecule has 0 radical (unpaired) electrons. The molecule has 0 aliphatic rings. The number of hydrogen-bond acceptors (Lipinski definition) is 3. The third-order valence-electron chi connectivity index (χ3n) is 2.60. The number of aromatic nitrogens is 1. The monoisotopic (exact) mass is 274 g/mol. The molecule has 7 heteroatoms. The molecular formula is C12H10F4N2O. The molecule has 2 aromatic rings. The highest BCUT2D eigenvalue weighted by Crippen LogP contribution is 2.24. The summed E-state index contributed by atoms with van der Waals surface area (Å²) in [6.07, 6.45) is 0. The highest BCUT2D eigenvalue weighted by atomic mass is 19.2. The van der Waals surface area contributed by atoms with Crippen molar-refractivity contribution in [3.05, 3.63) is 46.7 Å². The zero-order valence-electron chi connectivity index (χ0n) is 10.2. The van der Waals surface area contributed by atoms with Gasteiger partial charge in [-0.2, -0.15) is 0 Å². The van der Waals surface area contributed by atoms with Crippen LogP contribution in [-0.2, 0) is 6.54 Å². The van der Waals surface area contributed by atoms with Crippen molar-refractivity contribution in [3.8, 4) is 0 Å². The van der Waals surface area contributed by atoms with Gasteiger partial charge in [0, 0.05) is 6.07 Å². The first-order valence-electron chi connectivity index (χ1n) is 5.40. The Kier molecular flexibility index (Phi) is 3.46. The highest BCUT2D eigenvalue weighted by molar-refractivity contribution is 5.47. The Morgan fingerprint density at radius 3 is 2.16 bits per heavy atom. The molecule has 102 valence electrons. The molecule has 0 bridgehead atoms. The van der Waals surface area contributed by atoms with Crippen molar-refractivity contribution in [2.75, 3.05) is 5.32 Å². The Morgan fingerprint density at radius 1 is 1.11 bits per heavy atom. The number of nitrogens with zero attached hydrogens (tertiary/aromatic N) is 1. The molecule has 0 atom stereocenters. The molecule has 1 aromatic carbocycles. The van der Waals surface area contributed by atoms with Crippen LogP contribution in [-0.4, -0.2) is 4.98 Å². The van der Waals surface area contributed by atoms with Crippen LogP contribution in [0.4, 0.5) is 23.2 Å². The minimum absolute atomic E-state index is 0.148. The minimum Gasteiger partial charge on any atom is -0.444 e. The maximum atomic E-state index is 13.3. The van der Waals surface area contributed by atoms with Crippen molar-refractivity contribution in [2.24, 2.45) is 0 Å². The Hall–Kier alpha value is -2.05. The zero-order chi connectivity index (χ0) is 14.2. The lowest BCUT2D eigenvalue weighted by atomic mass is 10.2. The van der Waals surface area contributed by atoms with E-state index in [4.69, 9.17) is 4.42 Å². The fourth-order valence-electron chi connectivity index (χ4n) is 1.51. The fraction of sp³-hybridized carbons (Fsp3) is 0.250. The number of oxazole rings is 1. The Labute approximate surface area is 106 Å². The maximum Gasteiger partial charge on any atom is 0.213 e. The smallest absolute Gasteiger partial charge is 0.213 e. The second kappa shape index (κ2) is 4.91. The molecule has 0 spiro atoms. The topological polar surface area (TPSA) is 38.1 Å². The van der Waals surface area contributed by atoms with E-state index in [1.54, 1.807) is 13.8 Å². The number of hydrogen-bond donors (Lipinski definition) is 1. The average Bonchev–Trinajstić information content (AvgIpc) is 2.66. The van der Waals surface area contributed by atoms with Crippen LogP contribution in [0.2, 0.25) is 0 Å². The fourth-order valence-corrected chi connectivity index (χ4v) is 1.51. The van der Waals surface area contributed by atoms with Gasteiger partial charge in [0.25, 0.3) is 0 Å². The van der Waals surface area contributed by atoms with Gasteiger partial charge in [-0.1, -0.05) is 0 Å². The SMILES string of the molecule is Cc1nc(CNc2c(F)c(F)cc(F)c2F)oc1C. The Morgan fingerprint density at radius 2 is 1.68 bits per heavy atom. The molecule has 0 aliphatic heterocycles. The molecule has 1 aromatic heterocycles. The largest absolute Gasteiger partial charge is 0.444 e. The molecule has 0 unspecified atom stereocenters. The first-order valence-corrected chi connectivity index (χ1v) is 5.40. The van der Waals surface area contributed by atoms with Crippen LogP contribution in [0.5, 0.6) is 0 Å². The van der Waals surface area contributed by atoms with Crippen LogP contribution in [0.15, 0.2) is 10.5 Å². The van der Waals surface area contributed by atoms with Crippen molar-refractivity contribution in [3.63, 3.8) is 0 Å². The third-order valence-corrected chi connectivity index (χ3v) is 2.60. The van der Waals surface area contributed by atoms with E-state index in [-0.39, 0.29) is 18.5 Å². The molecule has 1 heterocycles. The number of aryl methyl sites for hydroxylation is 2. The molecule has 1 N–H and O–H groups in total. The number of rotatable bonds is 3. The lowest BCUT2D eigenvalue weighted by Crippen LogP contribution is -2.07. The summed E-state index contributed by atoms with van der Waals surface area (Å²) >= 11 is 0. The third kappa shape index (κ3) is 2.54. The molecule has 0 saturated carbocycles. The van der Waals surface area contributed by atoms with Gasteiger partial charge in [-0.15, -0.1) is 0 Å². The van der Waals surface area contributed by atoms with Gasteiger partial charge in [-0.05, 0) is 13.8 Å². The minimum atomic E-state index is -1.49. The molecular weight excluding hydrogens is 264 g/mol. The van der Waals surface area contributed by atoms with Gasteiger partial charge in [0.05, 0.1) is 12.2 Å². The van der Waals surface area contributed by atoms with Crippen LogP contribution in [0.25, 0.3) is 0 Å². The van der Waals surface area contributed by atoms with Gasteiger partial charge in [0.15, 0.2) is 23.3 Å². The van der Waals surface area contributed by atoms with Gasteiger partial charge in [0.2, 0.25) is 5.89 Å². The number of halogens is 4. The van der Waals surface area contributed by atoms with E-state index >= 15 is 0 Å². The summed E-state index contributed by atoms with van der Waals surface area (Å²) in [4.78, 5) is 3.97. The van der Waals surface area contributed by atoms with Crippen LogP contribution in [0.3, 0.4) is 0 Å². The first-order chi connectivity index (χ1) is 8.90. The van der Waals surface area contributed by atoms with Crippen LogP contribution in [0.1, 0.15) is 17.3 Å². The van der Waals surface area contributed by atoms with E-state index in [0.29, 0.717) is 11.5 Å². The summed E-state index contributed by atoms with van der Waals surface area (Å²) in [5.74, 6) is -5.19. The van der Waals surface area contributed by atoms with Crippen molar-refractivity contribution >= 4 is 5.69 Å². The average molecular weight is 274 g/mol. The van der Waals surface area contributed by atoms with Crippen LogP contribution < -0.4 is 5.32 Å². The Balaban J connectivity index is 2.24. The van der Waals surface area contributed by atoms with E-state index in [2.05, 4.69) is 10.3 Å². The summed E-state index contributed by atoms with van der Waals surface area (Å²) in [6, 6.07) is 0.148. The normalized spacial score (nSPS) is 10.8. The molecule has 0 fully saturated rings. The van der Waals surface area contributed by atoms with Crippen LogP contribution in [0, 0.1) is 37.1 Å². The van der Waals surface area contributed by atoms with E-state index in [0.717, 1.165) is 0 Å². The summed E-state index contributed by atoms with van der Waals surface area (Å²) in [5.41, 5.74) is -0.255. The maximum absolute atomic E-state index is 13.3. The predicted octanol–water partition coefficient (Wildman–Crippen LogP) is 3.46. The lowest BCUT2D eigenvalue weighted by Gasteiger charge is -2.08. The van der Waals surface area contributed by atoms with Crippen molar-refractivity contribution < 1.29 is 22.0 Å². The summed E-state index contributed by atoms with van der Waals surface area (Å²) < 4.78 is 57.7. The van der Waals surface area contributed by atoms with Gasteiger partial charge in [-0.3, -0.25) is 0 Å². The lowest BCUT2D eigenvalue weighted by molar-refractivity contribution is 0.453. The van der Waals surface area contributed by atoms with Gasteiger partial charge in [0.1, 0.15) is 11.4 Å². The number of nitrogens with one attached hydrogen (secondary N) is 1.